The van der Waals surface area contributed by atoms with Crippen molar-refractivity contribution < 1.29 is 23.5 Å². The molecule has 0 unspecified atom stereocenters. The van der Waals surface area contributed by atoms with Gasteiger partial charge in [0.25, 0.3) is 11.8 Å². The molecule has 1 aliphatic rings. The van der Waals surface area contributed by atoms with Gasteiger partial charge < -0.3 is 9.15 Å². The van der Waals surface area contributed by atoms with Crippen molar-refractivity contribution in [1.82, 2.24) is 5.32 Å². The van der Waals surface area contributed by atoms with Crippen LogP contribution in [0.25, 0.3) is 17.4 Å². The molecule has 166 valence electrons. The molecule has 1 aliphatic heterocycles. The van der Waals surface area contributed by atoms with Crippen LogP contribution in [0.15, 0.2) is 75.1 Å². The average molecular weight is 525 g/mol. The van der Waals surface area contributed by atoms with Crippen molar-refractivity contribution in [3.05, 3.63) is 82.0 Å². The lowest BCUT2D eigenvalue weighted by molar-refractivity contribution is -0.122. The quantitative estimate of drug-likeness (QED) is 0.225. The second kappa shape index (κ2) is 9.51. The Morgan fingerprint density at radius 2 is 1.91 bits per heavy atom. The molecule has 0 spiro atoms. The number of benzene rings is 2. The normalized spacial score (nSPS) is 15.0. The number of thiocarbonyl (C=S) groups is 1. The first-order valence-corrected chi connectivity index (χ1v) is 11.1. The molecule has 4 rings (SSSR count). The van der Waals surface area contributed by atoms with E-state index in [1.54, 1.807) is 61.5 Å². The third-order valence-electron chi connectivity index (χ3n) is 4.76. The van der Waals surface area contributed by atoms with E-state index in [0.29, 0.717) is 29.4 Å². The molecular formula is C24H17BrN2O5S. The zero-order valence-corrected chi connectivity index (χ0v) is 19.7. The van der Waals surface area contributed by atoms with Crippen molar-refractivity contribution in [1.29, 1.82) is 0 Å². The first-order chi connectivity index (χ1) is 15.9. The second-order valence-corrected chi connectivity index (χ2v) is 8.24. The number of carbonyl (C=O) groups excluding carboxylic acids is 3. The maximum atomic E-state index is 13.1. The smallest absolute Gasteiger partial charge is 0.338 e. The Morgan fingerprint density at radius 3 is 2.61 bits per heavy atom. The number of ether oxygens (including phenoxy) is 1. The Kier molecular flexibility index (Phi) is 6.52. The van der Waals surface area contributed by atoms with Gasteiger partial charge in [-0.1, -0.05) is 34.1 Å². The van der Waals surface area contributed by atoms with Gasteiger partial charge in [0.2, 0.25) is 0 Å². The van der Waals surface area contributed by atoms with Gasteiger partial charge in [-0.2, -0.15) is 0 Å². The van der Waals surface area contributed by atoms with Crippen LogP contribution in [-0.4, -0.2) is 29.5 Å². The maximum Gasteiger partial charge on any atom is 0.338 e. The minimum Gasteiger partial charge on any atom is -0.462 e. The van der Waals surface area contributed by atoms with Gasteiger partial charge in [-0.25, -0.2) is 4.79 Å². The summed E-state index contributed by atoms with van der Waals surface area (Å²) in [5.41, 5.74) is 1.57. The van der Waals surface area contributed by atoms with Crippen LogP contribution in [0.5, 0.6) is 0 Å². The van der Waals surface area contributed by atoms with Crippen molar-refractivity contribution >= 4 is 62.8 Å². The fraction of sp³-hybridized carbons (Fsp3) is 0.0833. The van der Waals surface area contributed by atoms with Gasteiger partial charge in [-0.05, 0) is 67.7 Å². The summed E-state index contributed by atoms with van der Waals surface area (Å²) in [5.74, 6) is -0.726. The summed E-state index contributed by atoms with van der Waals surface area (Å²) < 4.78 is 11.6. The number of nitrogens with zero attached hydrogens (tertiary/aromatic N) is 1. The number of amides is 2. The summed E-state index contributed by atoms with van der Waals surface area (Å²) in [5, 5.41) is 2.54. The highest BCUT2D eigenvalue weighted by Gasteiger charge is 2.34. The lowest BCUT2D eigenvalue weighted by atomic mass is 10.1. The molecule has 2 aromatic carbocycles. The third kappa shape index (κ3) is 4.79. The molecule has 1 saturated heterocycles. The van der Waals surface area contributed by atoms with Crippen LogP contribution in [-0.2, 0) is 14.3 Å². The van der Waals surface area contributed by atoms with Gasteiger partial charge >= 0.3 is 5.97 Å². The molecule has 3 aromatic rings. The summed E-state index contributed by atoms with van der Waals surface area (Å²) in [6.45, 7) is 2.04. The predicted molar refractivity (Wildman–Crippen MR) is 130 cm³/mol. The number of carbonyl (C=O) groups is 3. The number of rotatable bonds is 5. The monoisotopic (exact) mass is 524 g/mol. The number of esters is 1. The van der Waals surface area contributed by atoms with Crippen LogP contribution >= 0.6 is 28.1 Å². The van der Waals surface area contributed by atoms with Crippen molar-refractivity contribution in [2.75, 3.05) is 11.5 Å². The third-order valence-corrected chi connectivity index (χ3v) is 5.54. The molecule has 0 bridgehead atoms. The highest BCUT2D eigenvalue weighted by atomic mass is 79.9. The van der Waals surface area contributed by atoms with Crippen molar-refractivity contribution in [3.8, 4) is 11.3 Å². The Labute approximate surface area is 203 Å². The topological polar surface area (TPSA) is 88.9 Å². The van der Waals surface area contributed by atoms with E-state index >= 15 is 0 Å². The SMILES string of the molecule is CCOC(=O)c1ccc(-c2ccc(/C=C3\C(=O)NC(=S)N(c4cccc(Br)c4)C3=O)o2)cc1. The van der Waals surface area contributed by atoms with E-state index in [2.05, 4.69) is 21.2 Å². The van der Waals surface area contributed by atoms with Crippen molar-refractivity contribution in [2.24, 2.45) is 0 Å². The number of nitrogens with one attached hydrogen (secondary N) is 1. The predicted octanol–water partition coefficient (Wildman–Crippen LogP) is 4.72. The molecule has 0 atom stereocenters. The molecule has 1 aromatic heterocycles. The molecule has 0 aliphatic carbocycles. The van der Waals surface area contributed by atoms with E-state index < -0.39 is 17.8 Å². The van der Waals surface area contributed by atoms with Crippen LogP contribution in [0, 0.1) is 0 Å². The first-order valence-electron chi connectivity index (χ1n) is 9.92. The number of furan rings is 1. The molecule has 1 N–H and O–H groups in total. The number of hydrogen-bond donors (Lipinski definition) is 1. The largest absolute Gasteiger partial charge is 0.462 e. The van der Waals surface area contributed by atoms with Gasteiger partial charge in [-0.15, -0.1) is 0 Å². The molecular weight excluding hydrogens is 508 g/mol. The van der Waals surface area contributed by atoms with E-state index in [0.717, 1.165) is 10.0 Å². The minimum atomic E-state index is -0.604. The van der Waals surface area contributed by atoms with E-state index in [9.17, 15) is 14.4 Å². The van der Waals surface area contributed by atoms with E-state index in [4.69, 9.17) is 21.4 Å². The van der Waals surface area contributed by atoms with Crippen LogP contribution in [0.4, 0.5) is 5.69 Å². The van der Waals surface area contributed by atoms with Gasteiger partial charge in [0.15, 0.2) is 5.11 Å². The van der Waals surface area contributed by atoms with Gasteiger partial charge in [-0.3, -0.25) is 19.8 Å². The highest BCUT2D eigenvalue weighted by Crippen LogP contribution is 2.27. The summed E-state index contributed by atoms with van der Waals surface area (Å²) in [6.07, 6.45) is 1.38. The van der Waals surface area contributed by atoms with Gasteiger partial charge in [0, 0.05) is 10.0 Å². The zero-order valence-electron chi connectivity index (χ0n) is 17.3. The molecule has 33 heavy (non-hydrogen) atoms. The summed E-state index contributed by atoms with van der Waals surface area (Å²) in [7, 11) is 0. The van der Waals surface area contributed by atoms with Crippen LogP contribution in [0.2, 0.25) is 0 Å². The highest BCUT2D eigenvalue weighted by molar-refractivity contribution is 9.10. The minimum absolute atomic E-state index is 0.00192. The van der Waals surface area contributed by atoms with E-state index in [1.165, 1.54) is 11.0 Å². The van der Waals surface area contributed by atoms with Crippen LogP contribution in [0.3, 0.4) is 0 Å². The average Bonchev–Trinajstić information content (AvgIpc) is 3.25. The Balaban J connectivity index is 1.60. The Morgan fingerprint density at radius 1 is 1.15 bits per heavy atom. The lowest BCUT2D eigenvalue weighted by Gasteiger charge is -2.28. The van der Waals surface area contributed by atoms with E-state index in [-0.39, 0.29) is 10.7 Å². The fourth-order valence-electron chi connectivity index (χ4n) is 3.22. The summed E-state index contributed by atoms with van der Waals surface area (Å²) in [6, 6.07) is 17.1. The van der Waals surface area contributed by atoms with E-state index in [1.807, 2.05) is 6.07 Å². The molecule has 0 saturated carbocycles. The summed E-state index contributed by atoms with van der Waals surface area (Å²) in [4.78, 5) is 38.7. The molecule has 0 radical (unpaired) electrons. The molecule has 2 amide bonds. The first kappa shape index (κ1) is 22.6. The van der Waals surface area contributed by atoms with Crippen molar-refractivity contribution in [2.45, 2.75) is 6.92 Å². The number of anilines is 1. The fourth-order valence-corrected chi connectivity index (χ4v) is 3.89. The summed E-state index contributed by atoms with van der Waals surface area (Å²) >= 11 is 8.58. The molecule has 1 fully saturated rings. The Hall–Kier alpha value is -3.56. The number of halogens is 1. The lowest BCUT2D eigenvalue weighted by Crippen LogP contribution is -2.54. The van der Waals surface area contributed by atoms with Crippen molar-refractivity contribution in [3.63, 3.8) is 0 Å². The van der Waals surface area contributed by atoms with Crippen LogP contribution in [0.1, 0.15) is 23.0 Å². The van der Waals surface area contributed by atoms with Crippen LogP contribution < -0.4 is 10.2 Å². The molecule has 2 heterocycles. The van der Waals surface area contributed by atoms with Gasteiger partial charge in [0.05, 0.1) is 17.9 Å². The zero-order chi connectivity index (χ0) is 23.5. The Bertz CT molecular complexity index is 1300. The maximum absolute atomic E-state index is 13.1. The molecule has 7 nitrogen and oxygen atoms in total. The standard InChI is InChI=1S/C24H17BrN2O5S/c1-2-31-23(30)15-8-6-14(7-9-15)20-11-10-18(32-20)13-19-21(28)26-24(33)27(22(19)29)17-5-3-4-16(25)12-17/h3-13H,2H2,1H3,(H,26,28,33)/b19-13+. The molecule has 9 heteroatoms. The van der Waals surface area contributed by atoms with Gasteiger partial charge in [0.1, 0.15) is 17.1 Å². The number of hydrogen-bond acceptors (Lipinski definition) is 6. The second-order valence-electron chi connectivity index (χ2n) is 6.94.